The summed E-state index contributed by atoms with van der Waals surface area (Å²) >= 11 is 0. The van der Waals surface area contributed by atoms with E-state index in [1.807, 2.05) is 0 Å². The van der Waals surface area contributed by atoms with Crippen molar-refractivity contribution >= 4 is 10.0 Å². The number of nitrogens with zero attached hydrogens (tertiary/aromatic N) is 1. The maximum atomic E-state index is 11.5. The lowest BCUT2D eigenvalue weighted by molar-refractivity contribution is 0.249. The number of aliphatic hydroxyl groups is 1. The molecule has 0 saturated carbocycles. The molecule has 1 aromatic rings. The summed E-state index contributed by atoms with van der Waals surface area (Å²) in [5.41, 5.74) is 0.669. The molecule has 1 atom stereocenters. The van der Waals surface area contributed by atoms with Crippen LogP contribution in [0.1, 0.15) is 12.6 Å². The summed E-state index contributed by atoms with van der Waals surface area (Å²) in [6.07, 6.45) is 1.61. The molecule has 1 unspecified atom stereocenters. The maximum Gasteiger partial charge on any atom is 0.212 e. The summed E-state index contributed by atoms with van der Waals surface area (Å²) in [6.45, 7) is 1.73. The van der Waals surface area contributed by atoms with Gasteiger partial charge in [-0.15, -0.1) is 0 Å². The van der Waals surface area contributed by atoms with E-state index in [9.17, 15) is 8.42 Å². The monoisotopic (exact) mass is 244 g/mol. The number of hydrogen-bond donors (Lipinski definition) is 2. The Morgan fingerprint density at radius 1 is 1.50 bits per heavy atom. The van der Waals surface area contributed by atoms with Crippen molar-refractivity contribution in [3.63, 3.8) is 0 Å². The van der Waals surface area contributed by atoms with Crippen molar-refractivity contribution < 1.29 is 13.5 Å². The van der Waals surface area contributed by atoms with Gasteiger partial charge in [0.15, 0.2) is 0 Å². The van der Waals surface area contributed by atoms with Crippen LogP contribution in [0.5, 0.6) is 0 Å². The molecule has 1 aromatic heterocycles. The lowest BCUT2D eigenvalue weighted by Gasteiger charge is -2.09. The van der Waals surface area contributed by atoms with E-state index in [0.717, 1.165) is 0 Å². The fourth-order valence-electron chi connectivity index (χ4n) is 1.17. The third-order valence-electron chi connectivity index (χ3n) is 2.01. The number of aromatic nitrogens is 1. The molecule has 16 heavy (non-hydrogen) atoms. The Hall–Kier alpha value is -0.980. The van der Waals surface area contributed by atoms with Crippen molar-refractivity contribution in [2.45, 2.75) is 13.5 Å². The van der Waals surface area contributed by atoms with Gasteiger partial charge < -0.3 is 5.11 Å². The molecule has 1 heterocycles. The normalized spacial score (nSPS) is 13.6. The maximum absolute atomic E-state index is 11.5. The highest BCUT2D eigenvalue weighted by Crippen LogP contribution is 2.00. The van der Waals surface area contributed by atoms with Gasteiger partial charge in [-0.3, -0.25) is 4.98 Å². The first-order valence-electron chi connectivity index (χ1n) is 5.01. The fourth-order valence-corrected chi connectivity index (χ4v) is 2.51. The largest absolute Gasteiger partial charge is 0.396 e. The molecule has 5 nitrogen and oxygen atoms in total. The lowest BCUT2D eigenvalue weighted by Crippen LogP contribution is -2.30. The molecule has 0 aliphatic rings. The number of sulfonamides is 1. The highest BCUT2D eigenvalue weighted by molar-refractivity contribution is 7.89. The Morgan fingerprint density at radius 2 is 2.25 bits per heavy atom. The highest BCUT2D eigenvalue weighted by Gasteiger charge is 2.14. The van der Waals surface area contributed by atoms with Gasteiger partial charge in [-0.25, -0.2) is 13.1 Å². The highest BCUT2D eigenvalue weighted by atomic mass is 32.2. The third-order valence-corrected chi connectivity index (χ3v) is 3.61. The SMILES string of the molecule is CC(CO)CS(=O)(=O)NCc1ccccn1. The van der Waals surface area contributed by atoms with Crippen LogP contribution in [-0.4, -0.2) is 30.9 Å². The molecule has 2 N–H and O–H groups in total. The summed E-state index contributed by atoms with van der Waals surface area (Å²) < 4.78 is 25.5. The van der Waals surface area contributed by atoms with Gasteiger partial charge in [0.2, 0.25) is 10.0 Å². The van der Waals surface area contributed by atoms with Crippen LogP contribution in [0, 0.1) is 5.92 Å². The number of hydrogen-bond acceptors (Lipinski definition) is 4. The predicted octanol–water partition coefficient (Wildman–Crippen LogP) is 0.129. The van der Waals surface area contributed by atoms with E-state index >= 15 is 0 Å². The quantitative estimate of drug-likeness (QED) is 0.745. The van der Waals surface area contributed by atoms with Gasteiger partial charge in [0.25, 0.3) is 0 Å². The van der Waals surface area contributed by atoms with Crippen molar-refractivity contribution in [1.29, 1.82) is 0 Å². The Morgan fingerprint density at radius 3 is 2.81 bits per heavy atom. The summed E-state index contributed by atoms with van der Waals surface area (Å²) in [6, 6.07) is 5.32. The van der Waals surface area contributed by atoms with E-state index < -0.39 is 10.0 Å². The smallest absolute Gasteiger partial charge is 0.212 e. The second kappa shape index (κ2) is 5.93. The molecule has 90 valence electrons. The molecule has 0 saturated heterocycles. The third kappa shape index (κ3) is 4.69. The summed E-state index contributed by atoms with van der Waals surface area (Å²) in [5, 5.41) is 8.78. The zero-order chi connectivity index (χ0) is 12.0. The Kier molecular flexibility index (Phi) is 4.85. The van der Waals surface area contributed by atoms with E-state index in [-0.39, 0.29) is 24.8 Å². The first-order chi connectivity index (χ1) is 7.53. The minimum absolute atomic E-state index is 0.0731. The van der Waals surface area contributed by atoms with Gasteiger partial charge in [0.1, 0.15) is 0 Å². The average Bonchev–Trinajstić information content (AvgIpc) is 2.27. The average molecular weight is 244 g/mol. The van der Waals surface area contributed by atoms with Crippen molar-refractivity contribution in [3.05, 3.63) is 30.1 Å². The van der Waals surface area contributed by atoms with Gasteiger partial charge in [-0.1, -0.05) is 13.0 Å². The van der Waals surface area contributed by atoms with E-state index in [2.05, 4.69) is 9.71 Å². The topological polar surface area (TPSA) is 79.3 Å². The first kappa shape index (κ1) is 13.1. The summed E-state index contributed by atoms with van der Waals surface area (Å²) in [5.74, 6) is -0.336. The Bertz CT molecular complexity index is 405. The van der Waals surface area contributed by atoms with E-state index in [4.69, 9.17) is 5.11 Å². The fraction of sp³-hybridized carbons (Fsp3) is 0.500. The lowest BCUT2D eigenvalue weighted by atomic mass is 10.2. The predicted molar refractivity (Wildman–Crippen MR) is 61.1 cm³/mol. The van der Waals surface area contributed by atoms with E-state index in [0.29, 0.717) is 5.69 Å². The van der Waals surface area contributed by atoms with Crippen LogP contribution in [0.4, 0.5) is 0 Å². The van der Waals surface area contributed by atoms with Crippen LogP contribution < -0.4 is 4.72 Å². The minimum Gasteiger partial charge on any atom is -0.396 e. The van der Waals surface area contributed by atoms with Gasteiger partial charge in [-0.05, 0) is 18.1 Å². The number of pyridine rings is 1. The number of rotatable bonds is 6. The molecular formula is C10H16N2O3S. The molecule has 0 aliphatic carbocycles. The van der Waals surface area contributed by atoms with Crippen molar-refractivity contribution in [2.75, 3.05) is 12.4 Å². The second-order valence-corrected chi connectivity index (χ2v) is 5.56. The molecule has 1 rings (SSSR count). The molecule has 0 aromatic carbocycles. The molecule has 0 fully saturated rings. The van der Waals surface area contributed by atoms with E-state index in [1.165, 1.54) is 0 Å². The van der Waals surface area contributed by atoms with Gasteiger partial charge in [0.05, 0.1) is 18.0 Å². The number of nitrogens with one attached hydrogen (secondary N) is 1. The Labute approximate surface area is 95.6 Å². The minimum atomic E-state index is -3.34. The molecule has 0 aliphatic heterocycles. The van der Waals surface area contributed by atoms with Crippen LogP contribution in [0.15, 0.2) is 24.4 Å². The summed E-state index contributed by atoms with van der Waals surface area (Å²) in [4.78, 5) is 4.00. The second-order valence-electron chi connectivity index (χ2n) is 3.71. The van der Waals surface area contributed by atoms with Crippen molar-refractivity contribution in [1.82, 2.24) is 9.71 Å². The van der Waals surface area contributed by atoms with Crippen LogP contribution in [0.3, 0.4) is 0 Å². The zero-order valence-corrected chi connectivity index (χ0v) is 9.94. The summed E-state index contributed by atoms with van der Waals surface area (Å²) in [7, 11) is -3.34. The molecule has 0 radical (unpaired) electrons. The van der Waals surface area contributed by atoms with Gasteiger partial charge >= 0.3 is 0 Å². The van der Waals surface area contributed by atoms with Crippen LogP contribution in [0.25, 0.3) is 0 Å². The molecule has 0 spiro atoms. The molecular weight excluding hydrogens is 228 g/mol. The first-order valence-corrected chi connectivity index (χ1v) is 6.67. The molecule has 0 amide bonds. The number of aliphatic hydroxyl groups excluding tert-OH is 1. The van der Waals surface area contributed by atoms with Crippen molar-refractivity contribution in [3.8, 4) is 0 Å². The molecule has 6 heteroatoms. The van der Waals surface area contributed by atoms with Crippen LogP contribution in [-0.2, 0) is 16.6 Å². The Balaban J connectivity index is 2.49. The standard InChI is InChI=1S/C10H16N2O3S/c1-9(7-13)8-16(14,15)12-6-10-4-2-3-5-11-10/h2-5,9,12-13H,6-8H2,1H3. The van der Waals surface area contributed by atoms with E-state index in [1.54, 1.807) is 31.3 Å². The van der Waals surface area contributed by atoms with Gasteiger partial charge in [-0.2, -0.15) is 0 Å². The van der Waals surface area contributed by atoms with Crippen LogP contribution in [0.2, 0.25) is 0 Å². The van der Waals surface area contributed by atoms with Crippen molar-refractivity contribution in [2.24, 2.45) is 5.92 Å². The van der Waals surface area contributed by atoms with Crippen LogP contribution >= 0.6 is 0 Å². The van der Waals surface area contributed by atoms with Gasteiger partial charge in [0, 0.05) is 12.8 Å². The molecule has 0 bridgehead atoms. The zero-order valence-electron chi connectivity index (χ0n) is 9.13.